The summed E-state index contributed by atoms with van der Waals surface area (Å²) in [5.41, 5.74) is 3.14. The van der Waals surface area contributed by atoms with Gasteiger partial charge in [-0.15, -0.1) is 0 Å². The Morgan fingerprint density at radius 3 is 3.05 bits per heavy atom. The summed E-state index contributed by atoms with van der Waals surface area (Å²) in [5, 5.41) is 0. The summed E-state index contributed by atoms with van der Waals surface area (Å²) in [7, 11) is 0. The maximum absolute atomic E-state index is 12.6. The minimum atomic E-state index is 0.0812. The summed E-state index contributed by atoms with van der Waals surface area (Å²) in [6.07, 6.45) is 5.12. The summed E-state index contributed by atoms with van der Waals surface area (Å²) in [6, 6.07) is 4.00. The Morgan fingerprint density at radius 1 is 1.35 bits per heavy atom. The molecule has 2 aliphatic heterocycles. The smallest absolute Gasteiger partial charge is 0.254 e. The van der Waals surface area contributed by atoms with E-state index in [0.717, 1.165) is 26.1 Å². The molecule has 1 aromatic heterocycles. The molecule has 3 rings (SSSR count). The molecule has 3 N–H and O–H groups in total. The minimum absolute atomic E-state index is 0.0812. The summed E-state index contributed by atoms with van der Waals surface area (Å²) < 4.78 is 0. The van der Waals surface area contributed by atoms with Crippen LogP contribution >= 0.6 is 0 Å². The molecule has 0 bridgehead atoms. The summed E-state index contributed by atoms with van der Waals surface area (Å²) in [6.45, 7) is 3.97. The van der Waals surface area contributed by atoms with E-state index in [1.165, 1.54) is 19.4 Å². The van der Waals surface area contributed by atoms with Crippen molar-refractivity contribution in [2.45, 2.75) is 25.3 Å². The second kappa shape index (κ2) is 5.76. The number of nitrogens with zero attached hydrogens (tertiary/aromatic N) is 3. The monoisotopic (exact) mass is 275 g/mol. The third kappa shape index (κ3) is 2.62. The van der Waals surface area contributed by atoms with E-state index in [2.05, 4.69) is 15.3 Å². The van der Waals surface area contributed by atoms with Crippen LogP contribution in [0.5, 0.6) is 0 Å². The maximum atomic E-state index is 12.6. The van der Waals surface area contributed by atoms with Gasteiger partial charge in [-0.25, -0.2) is 10.8 Å². The molecular formula is C14H21N5O. The highest BCUT2D eigenvalue weighted by Gasteiger charge is 2.30. The van der Waals surface area contributed by atoms with Crippen LogP contribution in [-0.2, 0) is 0 Å². The second-order valence-electron chi connectivity index (χ2n) is 5.51. The van der Waals surface area contributed by atoms with Crippen LogP contribution in [0.25, 0.3) is 0 Å². The van der Waals surface area contributed by atoms with Crippen LogP contribution in [0.15, 0.2) is 18.3 Å². The van der Waals surface area contributed by atoms with E-state index in [4.69, 9.17) is 5.84 Å². The highest BCUT2D eigenvalue weighted by Crippen LogP contribution is 2.22. The zero-order valence-electron chi connectivity index (χ0n) is 11.6. The Kier molecular flexibility index (Phi) is 3.84. The fourth-order valence-corrected chi connectivity index (χ4v) is 3.22. The molecule has 20 heavy (non-hydrogen) atoms. The highest BCUT2D eigenvalue weighted by atomic mass is 16.2. The Labute approximate surface area is 118 Å². The number of nitrogen functional groups attached to an aromatic ring is 1. The van der Waals surface area contributed by atoms with E-state index in [9.17, 15) is 4.79 Å². The van der Waals surface area contributed by atoms with Gasteiger partial charge in [0.25, 0.3) is 5.91 Å². The van der Waals surface area contributed by atoms with Crippen LogP contribution in [0, 0.1) is 0 Å². The Hall–Kier alpha value is -1.66. The quantitative estimate of drug-likeness (QED) is 0.613. The van der Waals surface area contributed by atoms with E-state index < -0.39 is 0 Å². The van der Waals surface area contributed by atoms with E-state index in [1.807, 2.05) is 4.90 Å². The van der Waals surface area contributed by atoms with Gasteiger partial charge in [0.15, 0.2) is 0 Å². The second-order valence-corrected chi connectivity index (χ2v) is 5.51. The van der Waals surface area contributed by atoms with Crippen molar-refractivity contribution in [3.8, 4) is 0 Å². The average molecular weight is 275 g/mol. The van der Waals surface area contributed by atoms with Gasteiger partial charge in [0.05, 0.1) is 0 Å². The molecule has 2 aliphatic rings. The lowest BCUT2D eigenvalue weighted by molar-refractivity contribution is 0.0743. The zero-order valence-corrected chi connectivity index (χ0v) is 11.6. The molecule has 0 saturated carbocycles. The number of rotatable bonds is 2. The van der Waals surface area contributed by atoms with Gasteiger partial charge in [0.1, 0.15) is 5.82 Å². The molecule has 1 aromatic rings. The van der Waals surface area contributed by atoms with E-state index >= 15 is 0 Å². The standard InChI is InChI=1S/C14H21N5O/c15-17-13-9-11(4-5-16-13)14(20)19-8-2-7-18-6-1-3-12(18)10-19/h4-5,9,12H,1-3,6-8,10,15H2,(H,16,17). The minimum Gasteiger partial charge on any atom is -0.337 e. The maximum Gasteiger partial charge on any atom is 0.254 e. The number of hydrogen-bond donors (Lipinski definition) is 2. The van der Waals surface area contributed by atoms with Crippen molar-refractivity contribution in [3.05, 3.63) is 23.9 Å². The summed E-state index contributed by atoms with van der Waals surface area (Å²) >= 11 is 0. The van der Waals surface area contributed by atoms with Gasteiger partial charge in [-0.2, -0.15) is 0 Å². The number of hydrogen-bond acceptors (Lipinski definition) is 5. The van der Waals surface area contributed by atoms with Crippen molar-refractivity contribution < 1.29 is 4.79 Å². The first kappa shape index (κ1) is 13.3. The van der Waals surface area contributed by atoms with Gasteiger partial charge in [0.2, 0.25) is 0 Å². The first-order valence-electron chi connectivity index (χ1n) is 7.24. The Bertz CT molecular complexity index is 492. The number of carbonyl (C=O) groups is 1. The Balaban J connectivity index is 1.75. The topological polar surface area (TPSA) is 74.5 Å². The summed E-state index contributed by atoms with van der Waals surface area (Å²) in [5.74, 6) is 5.95. The van der Waals surface area contributed by atoms with Crippen LogP contribution < -0.4 is 11.3 Å². The molecule has 0 spiro atoms. The molecule has 1 atom stereocenters. The fourth-order valence-electron chi connectivity index (χ4n) is 3.22. The van der Waals surface area contributed by atoms with Crippen LogP contribution in [-0.4, -0.2) is 52.9 Å². The molecule has 1 amide bonds. The number of nitrogens with one attached hydrogen (secondary N) is 1. The number of fused-ring (bicyclic) bond motifs is 1. The molecule has 3 heterocycles. The van der Waals surface area contributed by atoms with Gasteiger partial charge in [-0.05, 0) is 37.9 Å². The average Bonchev–Trinajstić information content (AvgIpc) is 2.83. The van der Waals surface area contributed by atoms with Gasteiger partial charge in [-0.1, -0.05) is 0 Å². The third-order valence-corrected chi connectivity index (χ3v) is 4.25. The number of aromatic nitrogens is 1. The van der Waals surface area contributed by atoms with Crippen molar-refractivity contribution in [1.82, 2.24) is 14.8 Å². The first-order chi connectivity index (χ1) is 9.78. The number of hydrazine groups is 1. The van der Waals surface area contributed by atoms with Crippen molar-refractivity contribution in [2.75, 3.05) is 31.6 Å². The molecule has 0 radical (unpaired) electrons. The van der Waals surface area contributed by atoms with Gasteiger partial charge < -0.3 is 10.3 Å². The molecule has 0 aliphatic carbocycles. The predicted molar refractivity (Wildman–Crippen MR) is 77.2 cm³/mol. The van der Waals surface area contributed by atoms with Crippen molar-refractivity contribution in [3.63, 3.8) is 0 Å². The van der Waals surface area contributed by atoms with E-state index in [0.29, 0.717) is 17.4 Å². The number of pyridine rings is 1. The number of anilines is 1. The fraction of sp³-hybridized carbons (Fsp3) is 0.571. The largest absolute Gasteiger partial charge is 0.337 e. The predicted octanol–water partition coefficient (Wildman–Crippen LogP) is 0.678. The molecule has 1 unspecified atom stereocenters. The lowest BCUT2D eigenvalue weighted by Gasteiger charge is -2.25. The normalized spacial score (nSPS) is 23.2. The van der Waals surface area contributed by atoms with E-state index in [1.54, 1.807) is 18.3 Å². The van der Waals surface area contributed by atoms with Gasteiger partial charge in [0, 0.05) is 37.4 Å². The van der Waals surface area contributed by atoms with E-state index in [-0.39, 0.29) is 5.91 Å². The van der Waals surface area contributed by atoms with Crippen molar-refractivity contribution in [2.24, 2.45) is 5.84 Å². The van der Waals surface area contributed by atoms with Crippen LogP contribution in [0.1, 0.15) is 29.6 Å². The number of amides is 1. The molecule has 108 valence electrons. The van der Waals surface area contributed by atoms with Gasteiger partial charge in [-0.3, -0.25) is 9.69 Å². The van der Waals surface area contributed by atoms with Crippen molar-refractivity contribution in [1.29, 1.82) is 0 Å². The van der Waals surface area contributed by atoms with Gasteiger partial charge >= 0.3 is 0 Å². The number of carbonyl (C=O) groups excluding carboxylic acids is 1. The zero-order chi connectivity index (χ0) is 13.9. The molecular weight excluding hydrogens is 254 g/mol. The number of nitrogens with two attached hydrogens (primary N) is 1. The van der Waals surface area contributed by atoms with Crippen molar-refractivity contribution >= 4 is 11.7 Å². The highest BCUT2D eigenvalue weighted by molar-refractivity contribution is 5.94. The van der Waals surface area contributed by atoms with Crippen LogP contribution in [0.2, 0.25) is 0 Å². The SMILES string of the molecule is NNc1cc(C(=O)N2CCCN3CCCC3C2)ccn1. The third-order valence-electron chi connectivity index (χ3n) is 4.25. The molecule has 0 aromatic carbocycles. The van der Waals surface area contributed by atoms with Crippen LogP contribution in [0.4, 0.5) is 5.82 Å². The van der Waals surface area contributed by atoms with Crippen LogP contribution in [0.3, 0.4) is 0 Å². The Morgan fingerprint density at radius 2 is 2.20 bits per heavy atom. The first-order valence-corrected chi connectivity index (χ1v) is 7.24. The molecule has 6 nitrogen and oxygen atoms in total. The lowest BCUT2D eigenvalue weighted by atomic mass is 10.2. The molecule has 6 heteroatoms. The molecule has 2 fully saturated rings. The lowest BCUT2D eigenvalue weighted by Crippen LogP contribution is -2.39. The summed E-state index contributed by atoms with van der Waals surface area (Å²) in [4.78, 5) is 21.2. The molecule has 2 saturated heterocycles.